The Kier molecular flexibility index (Phi) is 5.41. The van der Waals surface area contributed by atoms with E-state index in [2.05, 4.69) is 10.1 Å². The number of nitrogens with zero attached hydrogens (tertiary/aromatic N) is 3. The Morgan fingerprint density at radius 2 is 2.10 bits per heavy atom. The number of likely N-dealkylation sites (tertiary alicyclic amines) is 1. The van der Waals surface area contributed by atoms with Gasteiger partial charge < -0.3 is 18.9 Å². The molecule has 0 aliphatic carbocycles. The molecule has 0 radical (unpaired) electrons. The average molecular weight is 397 g/mol. The lowest BCUT2D eigenvalue weighted by molar-refractivity contribution is 0.0692. The lowest BCUT2D eigenvalue weighted by Crippen LogP contribution is -2.39. The lowest BCUT2D eigenvalue weighted by Gasteiger charge is -2.31. The fourth-order valence-electron chi connectivity index (χ4n) is 3.42. The summed E-state index contributed by atoms with van der Waals surface area (Å²) in [6.45, 7) is 1.10. The molecule has 0 N–H and O–H groups in total. The van der Waals surface area contributed by atoms with Gasteiger partial charge in [0.25, 0.3) is 5.91 Å². The predicted octanol–water partition coefficient (Wildman–Crippen LogP) is 4.03. The maximum Gasteiger partial charge on any atom is 0.359 e. The van der Waals surface area contributed by atoms with Crippen molar-refractivity contribution in [3.05, 3.63) is 65.8 Å². The molecular formula is C21H20FN3O4. The highest BCUT2D eigenvalue weighted by Crippen LogP contribution is 2.30. The average Bonchev–Trinajstić information content (AvgIpc) is 3.22. The van der Waals surface area contributed by atoms with Crippen molar-refractivity contribution >= 4 is 5.91 Å². The molecule has 3 aromatic rings. The smallest absolute Gasteiger partial charge is 0.359 e. The Morgan fingerprint density at radius 3 is 2.93 bits per heavy atom. The van der Waals surface area contributed by atoms with E-state index < -0.39 is 5.82 Å². The van der Waals surface area contributed by atoms with Gasteiger partial charge in [-0.3, -0.25) is 4.79 Å². The molecule has 0 bridgehead atoms. The van der Waals surface area contributed by atoms with E-state index in [4.69, 9.17) is 14.0 Å². The van der Waals surface area contributed by atoms with E-state index >= 15 is 0 Å². The van der Waals surface area contributed by atoms with Crippen molar-refractivity contribution in [1.29, 1.82) is 0 Å². The van der Waals surface area contributed by atoms with Crippen LogP contribution in [0.2, 0.25) is 0 Å². The highest BCUT2D eigenvalue weighted by Gasteiger charge is 2.30. The summed E-state index contributed by atoms with van der Waals surface area (Å²) in [7, 11) is 1.55. The van der Waals surface area contributed by atoms with Crippen LogP contribution in [0, 0.1) is 5.82 Å². The van der Waals surface area contributed by atoms with Gasteiger partial charge in [0.15, 0.2) is 0 Å². The lowest BCUT2D eigenvalue weighted by atomic mass is 9.97. The minimum absolute atomic E-state index is 0.0128. The number of hydrogen-bond donors (Lipinski definition) is 0. The van der Waals surface area contributed by atoms with E-state index in [0.29, 0.717) is 30.3 Å². The van der Waals surface area contributed by atoms with Gasteiger partial charge in [0.2, 0.25) is 5.89 Å². The summed E-state index contributed by atoms with van der Waals surface area (Å²) < 4.78 is 29.4. The van der Waals surface area contributed by atoms with Crippen LogP contribution in [0.15, 0.2) is 53.1 Å². The molecule has 4 rings (SSSR count). The first kappa shape index (κ1) is 18.9. The minimum Gasteiger partial charge on any atom is -0.496 e. The van der Waals surface area contributed by atoms with Crippen molar-refractivity contribution in [3.63, 3.8) is 0 Å². The van der Waals surface area contributed by atoms with Crippen LogP contribution in [0.25, 0.3) is 0 Å². The molecule has 1 aromatic heterocycles. The van der Waals surface area contributed by atoms with Crippen LogP contribution in [-0.2, 0) is 0 Å². The molecule has 29 heavy (non-hydrogen) atoms. The molecule has 1 fully saturated rings. The number of benzene rings is 2. The maximum atomic E-state index is 13.3. The molecule has 1 aliphatic heterocycles. The topological polar surface area (TPSA) is 77.7 Å². The Bertz CT molecular complexity index is 1010. The molecule has 7 nitrogen and oxygen atoms in total. The number of carbonyl (C=O) groups excluding carboxylic acids is 1. The van der Waals surface area contributed by atoms with Crippen molar-refractivity contribution in [1.82, 2.24) is 15.0 Å². The molecular weight excluding hydrogens is 377 g/mol. The first-order valence-electron chi connectivity index (χ1n) is 9.33. The zero-order chi connectivity index (χ0) is 20.2. The number of ether oxygens (including phenoxy) is 2. The predicted molar refractivity (Wildman–Crippen MR) is 102 cm³/mol. The minimum atomic E-state index is -0.413. The molecule has 2 aromatic carbocycles. The molecule has 8 heteroatoms. The number of methoxy groups -OCH3 is 1. The van der Waals surface area contributed by atoms with Crippen LogP contribution in [-0.4, -0.2) is 41.1 Å². The fourth-order valence-corrected chi connectivity index (χ4v) is 3.42. The number of para-hydroxylation sites is 1. The Balaban J connectivity index is 1.46. The number of aromatic nitrogens is 2. The second kappa shape index (κ2) is 8.30. The standard InChI is InChI=1S/C21H20FN3O4/c1-27-18-10-3-2-9-17(18)20(26)25-11-5-6-14(13-25)19-23-21(24-29-19)28-16-8-4-7-15(22)12-16/h2-4,7-10,12,14H,5-6,11,13H2,1H3/t14-/m0/s1. The third-order valence-electron chi connectivity index (χ3n) is 4.82. The van der Waals surface area contributed by atoms with Crippen LogP contribution in [0.3, 0.4) is 0 Å². The van der Waals surface area contributed by atoms with Crippen molar-refractivity contribution in [2.45, 2.75) is 18.8 Å². The molecule has 1 amide bonds. The Hall–Kier alpha value is -3.42. The van der Waals surface area contributed by atoms with Gasteiger partial charge in [0.1, 0.15) is 17.3 Å². The number of halogens is 1. The highest BCUT2D eigenvalue weighted by molar-refractivity contribution is 5.97. The Morgan fingerprint density at radius 1 is 1.24 bits per heavy atom. The van der Waals surface area contributed by atoms with Gasteiger partial charge in [-0.15, -0.1) is 0 Å². The normalized spacial score (nSPS) is 16.5. The summed E-state index contributed by atoms with van der Waals surface area (Å²) in [5.74, 6) is 0.623. The van der Waals surface area contributed by atoms with Crippen LogP contribution in [0.1, 0.15) is 35.0 Å². The number of piperidine rings is 1. The largest absolute Gasteiger partial charge is 0.496 e. The fraction of sp³-hybridized carbons (Fsp3) is 0.286. The monoisotopic (exact) mass is 397 g/mol. The summed E-state index contributed by atoms with van der Waals surface area (Å²) >= 11 is 0. The van der Waals surface area contributed by atoms with E-state index in [-0.39, 0.29) is 23.6 Å². The van der Waals surface area contributed by atoms with Gasteiger partial charge in [-0.25, -0.2) is 4.39 Å². The van der Waals surface area contributed by atoms with Gasteiger partial charge in [-0.1, -0.05) is 18.2 Å². The maximum absolute atomic E-state index is 13.3. The van der Waals surface area contributed by atoms with Gasteiger partial charge in [0.05, 0.1) is 18.6 Å². The van der Waals surface area contributed by atoms with E-state index in [1.807, 2.05) is 12.1 Å². The summed E-state index contributed by atoms with van der Waals surface area (Å²) in [4.78, 5) is 19.0. The molecule has 0 unspecified atom stereocenters. The molecule has 1 saturated heterocycles. The molecule has 150 valence electrons. The van der Waals surface area contributed by atoms with E-state index in [9.17, 15) is 9.18 Å². The summed E-state index contributed by atoms with van der Waals surface area (Å²) in [6, 6.07) is 12.9. The van der Waals surface area contributed by atoms with Crippen molar-refractivity contribution < 1.29 is 23.2 Å². The molecule has 0 spiro atoms. The first-order chi connectivity index (χ1) is 14.1. The van der Waals surface area contributed by atoms with Gasteiger partial charge >= 0.3 is 6.01 Å². The van der Waals surface area contributed by atoms with Crippen LogP contribution in [0.4, 0.5) is 4.39 Å². The van der Waals surface area contributed by atoms with E-state index in [1.165, 1.54) is 18.2 Å². The molecule has 2 heterocycles. The third kappa shape index (κ3) is 4.21. The third-order valence-corrected chi connectivity index (χ3v) is 4.82. The molecule has 1 aliphatic rings. The van der Waals surface area contributed by atoms with Crippen LogP contribution >= 0.6 is 0 Å². The first-order valence-corrected chi connectivity index (χ1v) is 9.33. The SMILES string of the molecule is COc1ccccc1C(=O)N1CCC[C@H](c2nc(Oc3cccc(F)c3)no2)C1. The van der Waals surface area contributed by atoms with Crippen molar-refractivity contribution in [2.24, 2.45) is 0 Å². The van der Waals surface area contributed by atoms with E-state index in [0.717, 1.165) is 12.8 Å². The highest BCUT2D eigenvalue weighted by atomic mass is 19.1. The van der Waals surface area contributed by atoms with Crippen LogP contribution < -0.4 is 9.47 Å². The van der Waals surface area contributed by atoms with Gasteiger partial charge in [-0.2, -0.15) is 4.98 Å². The molecule has 1 atom stereocenters. The quantitative estimate of drug-likeness (QED) is 0.647. The number of rotatable bonds is 5. The number of amides is 1. The van der Waals surface area contributed by atoms with Crippen molar-refractivity contribution in [3.8, 4) is 17.5 Å². The summed E-state index contributed by atoms with van der Waals surface area (Å²) in [5.41, 5.74) is 0.524. The Labute approximate surface area is 167 Å². The summed E-state index contributed by atoms with van der Waals surface area (Å²) in [5, 5.41) is 3.82. The zero-order valence-electron chi connectivity index (χ0n) is 15.9. The van der Waals surface area contributed by atoms with E-state index in [1.54, 1.807) is 30.2 Å². The van der Waals surface area contributed by atoms with Crippen molar-refractivity contribution in [2.75, 3.05) is 20.2 Å². The van der Waals surface area contributed by atoms with Gasteiger partial charge in [0, 0.05) is 19.2 Å². The zero-order valence-corrected chi connectivity index (χ0v) is 15.9. The second-order valence-electron chi connectivity index (χ2n) is 6.77. The molecule has 0 saturated carbocycles. The van der Waals surface area contributed by atoms with Crippen LogP contribution in [0.5, 0.6) is 17.5 Å². The second-order valence-corrected chi connectivity index (χ2v) is 6.77. The van der Waals surface area contributed by atoms with Gasteiger partial charge in [-0.05, 0) is 42.3 Å². The number of hydrogen-bond acceptors (Lipinski definition) is 6. The summed E-state index contributed by atoms with van der Waals surface area (Å²) in [6.07, 6.45) is 1.63. The number of carbonyl (C=O) groups is 1.